The summed E-state index contributed by atoms with van der Waals surface area (Å²) >= 11 is 0. The summed E-state index contributed by atoms with van der Waals surface area (Å²) in [5.41, 5.74) is 0. The molecular weight excluding hydrogens is 212 g/mol. The molecule has 14 heavy (non-hydrogen) atoms. The lowest BCUT2D eigenvalue weighted by Gasteiger charge is -1.98. The number of hydrogen-bond acceptors (Lipinski definition) is 4. The fourth-order valence-electron chi connectivity index (χ4n) is 0.659. The molecule has 0 aliphatic rings. The first-order valence-corrected chi connectivity index (χ1v) is 6.04. The minimum atomic E-state index is 0.944. The summed E-state index contributed by atoms with van der Waals surface area (Å²) < 4.78 is 0. The Morgan fingerprint density at radius 3 is 2.79 bits per heavy atom. The molecule has 4 heteroatoms. The van der Waals surface area contributed by atoms with Crippen molar-refractivity contribution < 1.29 is 0 Å². The molecule has 0 spiro atoms. The van der Waals surface area contributed by atoms with Crippen molar-refractivity contribution in [2.45, 2.75) is 4.90 Å². The first kappa shape index (κ1) is 11.1. The first-order chi connectivity index (χ1) is 6.83. The van der Waals surface area contributed by atoms with Gasteiger partial charge in [0, 0.05) is 28.4 Å². The minimum Gasteiger partial charge on any atom is -0.272 e. The summed E-state index contributed by atoms with van der Waals surface area (Å²) in [6.07, 6.45) is 6.99. The van der Waals surface area contributed by atoms with Gasteiger partial charge in [0.15, 0.2) is 0 Å². The van der Waals surface area contributed by atoms with Crippen LogP contribution < -0.4 is 0 Å². The molecule has 0 aliphatic heterocycles. The zero-order chi connectivity index (χ0) is 10.2. The molecule has 1 aromatic rings. The van der Waals surface area contributed by atoms with Crippen LogP contribution in [-0.2, 0) is 0 Å². The number of allylic oxidation sites excluding steroid dienone is 1. The summed E-state index contributed by atoms with van der Waals surface area (Å²) in [6.45, 7) is 7.21. The fraction of sp³-hybridized carbons (Fsp3) is 0. The van der Waals surface area contributed by atoms with Crippen LogP contribution in [0.15, 0.2) is 58.2 Å². The zero-order valence-electron chi connectivity index (χ0n) is 7.59. The van der Waals surface area contributed by atoms with Gasteiger partial charge >= 0.3 is 0 Å². The third-order valence-corrected chi connectivity index (χ3v) is 3.63. The number of pyridine rings is 1. The molecule has 2 nitrogen and oxygen atoms in total. The maximum Gasteiger partial charge on any atom is 0.0279 e. The third-order valence-electron chi connectivity index (χ3n) is 1.26. The van der Waals surface area contributed by atoms with E-state index >= 15 is 0 Å². The van der Waals surface area contributed by atoms with Crippen LogP contribution in [-0.4, -0.2) is 11.7 Å². The summed E-state index contributed by atoms with van der Waals surface area (Å²) in [6, 6.07) is 3.92. The van der Waals surface area contributed by atoms with Crippen molar-refractivity contribution in [2.24, 2.45) is 4.99 Å². The van der Waals surface area contributed by atoms with E-state index in [9.17, 15) is 0 Å². The van der Waals surface area contributed by atoms with Crippen LogP contribution >= 0.6 is 21.6 Å². The van der Waals surface area contributed by atoms with Crippen LogP contribution in [0.5, 0.6) is 0 Å². The van der Waals surface area contributed by atoms with Gasteiger partial charge in [0.05, 0.1) is 0 Å². The molecule has 0 amide bonds. The topological polar surface area (TPSA) is 25.2 Å². The highest BCUT2D eigenvalue weighted by Crippen LogP contribution is 2.35. The Kier molecular flexibility index (Phi) is 5.11. The van der Waals surface area contributed by atoms with Gasteiger partial charge < -0.3 is 0 Å². The molecule has 0 N–H and O–H groups in total. The maximum atomic E-state index is 3.94. The normalized spacial score (nSPS) is 10.3. The molecule has 0 radical (unpaired) electrons. The van der Waals surface area contributed by atoms with Crippen molar-refractivity contribution in [1.29, 1.82) is 0 Å². The Hall–Kier alpha value is -1.00. The Bertz CT molecular complexity index is 333. The van der Waals surface area contributed by atoms with E-state index in [4.69, 9.17) is 0 Å². The van der Waals surface area contributed by atoms with Crippen molar-refractivity contribution in [3.05, 3.63) is 48.3 Å². The molecule has 1 aromatic heterocycles. The SMILES string of the molecule is C=N/C=C\C(=C)SSc1ccncc1. The second-order valence-corrected chi connectivity index (χ2v) is 4.64. The summed E-state index contributed by atoms with van der Waals surface area (Å²) in [5, 5.41) is 0. The van der Waals surface area contributed by atoms with Crippen molar-refractivity contribution in [3.63, 3.8) is 0 Å². The lowest BCUT2D eigenvalue weighted by Crippen LogP contribution is -1.69. The van der Waals surface area contributed by atoms with Gasteiger partial charge in [-0.1, -0.05) is 28.2 Å². The third kappa shape index (κ3) is 4.30. The second-order valence-electron chi connectivity index (χ2n) is 2.31. The van der Waals surface area contributed by atoms with Gasteiger partial charge in [-0.2, -0.15) is 0 Å². The monoisotopic (exact) mass is 222 g/mol. The van der Waals surface area contributed by atoms with Crippen molar-refractivity contribution in [3.8, 4) is 0 Å². The Balaban J connectivity index is 2.38. The van der Waals surface area contributed by atoms with E-state index in [0.29, 0.717) is 0 Å². The highest BCUT2D eigenvalue weighted by atomic mass is 33.1. The summed E-state index contributed by atoms with van der Waals surface area (Å²) in [4.78, 5) is 9.65. The minimum absolute atomic E-state index is 0.944. The molecule has 0 aliphatic carbocycles. The van der Waals surface area contributed by atoms with E-state index in [1.165, 1.54) is 0 Å². The van der Waals surface area contributed by atoms with Gasteiger partial charge in [-0.05, 0) is 24.9 Å². The largest absolute Gasteiger partial charge is 0.272 e. The van der Waals surface area contributed by atoms with Gasteiger partial charge in [0.25, 0.3) is 0 Å². The van der Waals surface area contributed by atoms with Gasteiger partial charge in [-0.25, -0.2) is 0 Å². The van der Waals surface area contributed by atoms with Crippen LogP contribution in [0.4, 0.5) is 0 Å². The lowest BCUT2D eigenvalue weighted by atomic mass is 10.5. The Morgan fingerprint density at radius 2 is 2.14 bits per heavy atom. The standard InChI is InChI=1S/C10H10N2S2/c1-9(3-6-11-2)13-14-10-4-7-12-8-5-10/h3-8H,1-2H2/b6-3-. The number of aliphatic imine (C=N–C) groups is 1. The lowest BCUT2D eigenvalue weighted by molar-refractivity contribution is 1.27. The molecule has 0 saturated heterocycles. The van der Waals surface area contributed by atoms with E-state index < -0.39 is 0 Å². The van der Waals surface area contributed by atoms with Gasteiger partial charge in [-0.3, -0.25) is 9.98 Å². The number of hydrogen-bond donors (Lipinski definition) is 0. The molecule has 0 bridgehead atoms. The van der Waals surface area contributed by atoms with E-state index in [0.717, 1.165) is 9.80 Å². The molecule has 0 aromatic carbocycles. The quantitative estimate of drug-likeness (QED) is 0.433. The molecule has 0 atom stereocenters. The second kappa shape index (κ2) is 6.45. The van der Waals surface area contributed by atoms with Crippen LogP contribution in [0.2, 0.25) is 0 Å². The van der Waals surface area contributed by atoms with Gasteiger partial charge in [0.1, 0.15) is 0 Å². The molecule has 1 heterocycles. The zero-order valence-corrected chi connectivity index (χ0v) is 9.22. The van der Waals surface area contributed by atoms with Crippen LogP contribution in [0.3, 0.4) is 0 Å². The average Bonchev–Trinajstić information content (AvgIpc) is 2.25. The van der Waals surface area contributed by atoms with Crippen molar-refractivity contribution in [2.75, 3.05) is 0 Å². The molecule has 72 valence electrons. The maximum absolute atomic E-state index is 3.94. The summed E-state index contributed by atoms with van der Waals surface area (Å²) in [5.74, 6) is 0. The number of rotatable bonds is 5. The van der Waals surface area contributed by atoms with Gasteiger partial charge in [0.2, 0.25) is 0 Å². The predicted molar refractivity (Wildman–Crippen MR) is 65.5 cm³/mol. The van der Waals surface area contributed by atoms with Crippen LogP contribution in [0, 0.1) is 0 Å². The van der Waals surface area contributed by atoms with E-state index in [1.807, 2.05) is 18.2 Å². The number of nitrogens with zero attached hydrogens (tertiary/aromatic N) is 2. The van der Waals surface area contributed by atoms with E-state index in [1.54, 1.807) is 40.2 Å². The highest BCUT2D eigenvalue weighted by Gasteiger charge is 1.94. The molecule has 0 unspecified atom stereocenters. The molecule has 0 fully saturated rings. The molecular formula is C10H10N2S2. The van der Waals surface area contributed by atoms with Crippen molar-refractivity contribution in [1.82, 2.24) is 4.98 Å². The Labute approximate surface area is 91.6 Å². The first-order valence-electron chi connectivity index (χ1n) is 3.89. The predicted octanol–water partition coefficient (Wildman–Crippen LogP) is 3.55. The molecule has 0 saturated carbocycles. The van der Waals surface area contributed by atoms with Gasteiger partial charge in [-0.15, -0.1) is 0 Å². The summed E-state index contributed by atoms with van der Waals surface area (Å²) in [7, 11) is 3.23. The van der Waals surface area contributed by atoms with E-state index in [-0.39, 0.29) is 0 Å². The highest BCUT2D eigenvalue weighted by molar-refractivity contribution is 8.78. The van der Waals surface area contributed by atoms with Crippen LogP contribution in [0.1, 0.15) is 0 Å². The molecule has 1 rings (SSSR count). The fourth-order valence-corrected chi connectivity index (χ4v) is 2.32. The smallest absolute Gasteiger partial charge is 0.0279 e. The Morgan fingerprint density at radius 1 is 1.43 bits per heavy atom. The van der Waals surface area contributed by atoms with E-state index in [2.05, 4.69) is 23.3 Å². The average molecular weight is 222 g/mol. The number of aromatic nitrogens is 1. The van der Waals surface area contributed by atoms with Crippen molar-refractivity contribution >= 4 is 28.3 Å². The van der Waals surface area contributed by atoms with Crippen LogP contribution in [0.25, 0.3) is 0 Å².